The van der Waals surface area contributed by atoms with Gasteiger partial charge in [0.1, 0.15) is 16.5 Å². The molecule has 0 aromatic heterocycles. The summed E-state index contributed by atoms with van der Waals surface area (Å²) in [5, 5.41) is 8.73. The Balaban J connectivity index is 1.93. The Kier molecular flexibility index (Phi) is 6.46. The van der Waals surface area contributed by atoms with Crippen LogP contribution in [0.5, 0.6) is 0 Å². The van der Waals surface area contributed by atoms with Crippen LogP contribution in [0.2, 0.25) is 0 Å². The van der Waals surface area contributed by atoms with Crippen LogP contribution in [-0.2, 0) is 10.0 Å². The molecule has 0 saturated carbocycles. The number of benzene rings is 1. The Morgan fingerprint density at radius 1 is 1.04 bits per heavy atom. The maximum Gasteiger partial charge on any atom is 0.246 e. The zero-order chi connectivity index (χ0) is 16.9. The van der Waals surface area contributed by atoms with Crippen molar-refractivity contribution in [3.05, 3.63) is 29.8 Å². The van der Waals surface area contributed by atoms with Crippen molar-refractivity contribution in [3.63, 3.8) is 0 Å². The fourth-order valence-electron chi connectivity index (χ4n) is 2.64. The second-order valence-electron chi connectivity index (χ2n) is 5.60. The van der Waals surface area contributed by atoms with Gasteiger partial charge in [0.25, 0.3) is 0 Å². The van der Waals surface area contributed by atoms with E-state index in [1.807, 2.05) is 0 Å². The molecule has 130 valence electrons. The van der Waals surface area contributed by atoms with Gasteiger partial charge >= 0.3 is 0 Å². The molecule has 1 N–H and O–H groups in total. The van der Waals surface area contributed by atoms with Gasteiger partial charge in [-0.25, -0.2) is 17.2 Å². The van der Waals surface area contributed by atoms with Gasteiger partial charge in [-0.1, -0.05) is 0 Å². The zero-order valence-electron chi connectivity index (χ0n) is 12.9. The van der Waals surface area contributed by atoms with Gasteiger partial charge in [-0.15, -0.1) is 0 Å². The number of aliphatic hydroxyl groups excluding tert-OH is 1. The van der Waals surface area contributed by atoms with Crippen molar-refractivity contribution < 1.29 is 22.3 Å². The minimum atomic E-state index is -3.93. The number of piperazine rings is 1. The summed E-state index contributed by atoms with van der Waals surface area (Å²) in [7, 11) is -3.93. The number of nitrogens with zero attached hydrogens (tertiary/aromatic N) is 2. The number of sulfonamides is 1. The van der Waals surface area contributed by atoms with E-state index in [1.165, 1.54) is 4.31 Å². The number of halogens is 2. The van der Waals surface area contributed by atoms with Crippen molar-refractivity contribution in [2.24, 2.45) is 0 Å². The molecule has 1 aliphatic rings. The molecule has 0 aliphatic carbocycles. The van der Waals surface area contributed by atoms with Gasteiger partial charge in [-0.3, -0.25) is 0 Å². The summed E-state index contributed by atoms with van der Waals surface area (Å²) in [4.78, 5) is 1.68. The molecule has 0 bridgehead atoms. The molecule has 1 aromatic carbocycles. The van der Waals surface area contributed by atoms with E-state index in [0.717, 1.165) is 37.9 Å². The second kappa shape index (κ2) is 8.14. The normalized spacial score (nSPS) is 17.5. The first kappa shape index (κ1) is 18.3. The maximum atomic E-state index is 13.7. The highest BCUT2D eigenvalue weighted by atomic mass is 32.2. The van der Waals surface area contributed by atoms with Crippen LogP contribution in [0, 0.1) is 11.6 Å². The molecule has 0 atom stereocenters. The molecular formula is C15H22F2N2O3S. The summed E-state index contributed by atoms with van der Waals surface area (Å²) in [6, 6.07) is 2.51. The first-order valence-electron chi connectivity index (χ1n) is 7.73. The molecule has 2 rings (SSSR count). The second-order valence-corrected chi connectivity index (χ2v) is 7.51. The molecule has 1 saturated heterocycles. The Labute approximate surface area is 135 Å². The molecule has 23 heavy (non-hydrogen) atoms. The summed E-state index contributed by atoms with van der Waals surface area (Å²) in [6.45, 7) is 2.80. The average molecular weight is 348 g/mol. The molecule has 8 heteroatoms. The lowest BCUT2D eigenvalue weighted by molar-refractivity contribution is 0.183. The minimum Gasteiger partial charge on any atom is -0.396 e. The molecule has 5 nitrogen and oxygen atoms in total. The van der Waals surface area contributed by atoms with Crippen LogP contribution in [0.25, 0.3) is 0 Å². The van der Waals surface area contributed by atoms with Gasteiger partial charge in [0.15, 0.2) is 0 Å². The fourth-order valence-corrected chi connectivity index (χ4v) is 4.11. The third kappa shape index (κ3) is 4.69. The summed E-state index contributed by atoms with van der Waals surface area (Å²) in [5.74, 6) is -1.86. The van der Waals surface area contributed by atoms with Gasteiger partial charge in [0.05, 0.1) is 0 Å². The molecule has 1 fully saturated rings. The van der Waals surface area contributed by atoms with Gasteiger partial charge in [0, 0.05) is 38.9 Å². The van der Waals surface area contributed by atoms with Crippen molar-refractivity contribution in [2.45, 2.75) is 24.2 Å². The van der Waals surface area contributed by atoms with E-state index < -0.39 is 26.6 Å². The van der Waals surface area contributed by atoms with E-state index in [9.17, 15) is 17.2 Å². The van der Waals surface area contributed by atoms with Crippen LogP contribution in [0.3, 0.4) is 0 Å². The Bertz CT molecular complexity index is 617. The molecule has 1 aromatic rings. The smallest absolute Gasteiger partial charge is 0.246 e. The predicted octanol–water partition coefficient (Wildman–Crippen LogP) is 1.43. The molecule has 0 radical (unpaired) electrons. The number of aliphatic hydroxyl groups is 1. The van der Waals surface area contributed by atoms with Crippen molar-refractivity contribution in [1.82, 2.24) is 9.21 Å². The molecule has 1 heterocycles. The van der Waals surface area contributed by atoms with Crippen molar-refractivity contribution in [3.8, 4) is 0 Å². The monoisotopic (exact) mass is 348 g/mol. The third-order valence-electron chi connectivity index (χ3n) is 3.98. The Hall–Kier alpha value is -1.09. The summed E-state index contributed by atoms with van der Waals surface area (Å²) in [6.07, 6.45) is 2.67. The predicted molar refractivity (Wildman–Crippen MR) is 82.5 cm³/mol. The molecule has 0 amide bonds. The van der Waals surface area contributed by atoms with Gasteiger partial charge < -0.3 is 10.0 Å². The van der Waals surface area contributed by atoms with Gasteiger partial charge in [0.2, 0.25) is 10.0 Å². The minimum absolute atomic E-state index is 0.190. The van der Waals surface area contributed by atoms with E-state index in [2.05, 4.69) is 4.90 Å². The topological polar surface area (TPSA) is 60.9 Å². The zero-order valence-corrected chi connectivity index (χ0v) is 13.7. The molecule has 0 unspecified atom stereocenters. The molecule has 1 aliphatic heterocycles. The first-order valence-corrected chi connectivity index (χ1v) is 9.17. The van der Waals surface area contributed by atoms with E-state index in [0.29, 0.717) is 32.2 Å². The molecule has 0 spiro atoms. The highest BCUT2D eigenvalue weighted by molar-refractivity contribution is 7.89. The van der Waals surface area contributed by atoms with Gasteiger partial charge in [-0.05, 0) is 37.9 Å². The van der Waals surface area contributed by atoms with Crippen LogP contribution in [0.1, 0.15) is 19.3 Å². The third-order valence-corrected chi connectivity index (χ3v) is 5.91. The average Bonchev–Trinajstić information content (AvgIpc) is 2.52. The van der Waals surface area contributed by atoms with E-state index >= 15 is 0 Å². The summed E-state index contributed by atoms with van der Waals surface area (Å²) >= 11 is 0. The Morgan fingerprint density at radius 3 is 2.35 bits per heavy atom. The number of hydrogen-bond donors (Lipinski definition) is 1. The summed E-state index contributed by atoms with van der Waals surface area (Å²) in [5.41, 5.74) is 0. The number of hydrogen-bond acceptors (Lipinski definition) is 4. The van der Waals surface area contributed by atoms with Crippen LogP contribution >= 0.6 is 0 Å². The van der Waals surface area contributed by atoms with Crippen LogP contribution < -0.4 is 0 Å². The first-order chi connectivity index (χ1) is 10.9. The van der Waals surface area contributed by atoms with Crippen molar-refractivity contribution in [1.29, 1.82) is 0 Å². The van der Waals surface area contributed by atoms with Crippen molar-refractivity contribution in [2.75, 3.05) is 39.3 Å². The van der Waals surface area contributed by atoms with E-state index in [-0.39, 0.29) is 6.61 Å². The highest BCUT2D eigenvalue weighted by Gasteiger charge is 2.30. The largest absolute Gasteiger partial charge is 0.396 e. The van der Waals surface area contributed by atoms with Crippen LogP contribution in [0.4, 0.5) is 8.78 Å². The van der Waals surface area contributed by atoms with Crippen LogP contribution in [-0.4, -0.2) is 62.1 Å². The summed E-state index contributed by atoms with van der Waals surface area (Å²) < 4.78 is 52.8. The molecular weight excluding hydrogens is 326 g/mol. The standard InChI is InChI=1S/C15H22F2N2O3S/c16-13-4-5-15(14(17)12-13)23(21,22)19-9-7-18(8-10-19)6-2-1-3-11-20/h4-5,12,20H,1-3,6-11H2. The van der Waals surface area contributed by atoms with Gasteiger partial charge in [-0.2, -0.15) is 4.31 Å². The SMILES string of the molecule is O=S(=O)(c1ccc(F)cc1F)N1CCN(CCCCCO)CC1. The Morgan fingerprint density at radius 2 is 1.74 bits per heavy atom. The lowest BCUT2D eigenvalue weighted by Crippen LogP contribution is -2.48. The number of rotatable bonds is 7. The number of unbranched alkanes of at least 4 members (excludes halogenated alkanes) is 2. The van der Waals surface area contributed by atoms with Crippen LogP contribution in [0.15, 0.2) is 23.1 Å². The van der Waals surface area contributed by atoms with E-state index in [4.69, 9.17) is 5.11 Å². The maximum absolute atomic E-state index is 13.7. The lowest BCUT2D eigenvalue weighted by atomic mass is 10.2. The lowest BCUT2D eigenvalue weighted by Gasteiger charge is -2.34. The quantitative estimate of drug-likeness (QED) is 0.758. The van der Waals surface area contributed by atoms with Crippen molar-refractivity contribution >= 4 is 10.0 Å². The van der Waals surface area contributed by atoms with E-state index in [1.54, 1.807) is 0 Å². The fraction of sp³-hybridized carbons (Fsp3) is 0.600. The highest BCUT2D eigenvalue weighted by Crippen LogP contribution is 2.21.